The Morgan fingerprint density at radius 2 is 1.85 bits per heavy atom. The summed E-state index contributed by atoms with van der Waals surface area (Å²) in [6.45, 7) is 0.437. The molecule has 3 aromatic rings. The van der Waals surface area contributed by atoms with Crippen molar-refractivity contribution in [3.8, 4) is 11.8 Å². The Balaban J connectivity index is 1.69. The van der Waals surface area contributed by atoms with E-state index in [0.717, 1.165) is 28.6 Å². The highest BCUT2D eigenvalue weighted by atomic mass is 79.9. The molecule has 3 N–H and O–H groups in total. The van der Waals surface area contributed by atoms with Crippen LogP contribution < -0.4 is 20.5 Å². The van der Waals surface area contributed by atoms with Crippen LogP contribution in [0.5, 0.6) is 11.8 Å². The van der Waals surface area contributed by atoms with Gasteiger partial charge in [0.1, 0.15) is 11.6 Å². The van der Waals surface area contributed by atoms with Crippen LogP contribution >= 0.6 is 15.9 Å². The van der Waals surface area contributed by atoms with Crippen molar-refractivity contribution in [2.45, 2.75) is 32.1 Å². The van der Waals surface area contributed by atoms with Crippen molar-refractivity contribution < 1.29 is 22.6 Å². The molecule has 0 amide bonds. The van der Waals surface area contributed by atoms with Gasteiger partial charge in [-0.25, -0.2) is 0 Å². The second-order valence-corrected chi connectivity index (χ2v) is 8.02. The van der Waals surface area contributed by atoms with E-state index >= 15 is 0 Å². The molecule has 13 heteroatoms. The van der Waals surface area contributed by atoms with Crippen LogP contribution in [0.25, 0.3) is 0 Å². The average molecular weight is 544 g/mol. The third-order valence-corrected chi connectivity index (χ3v) is 4.91. The zero-order chi connectivity index (χ0) is 24.4. The number of hydrogen-bond acceptors (Lipinski definition) is 8. The van der Waals surface area contributed by atoms with Crippen LogP contribution in [0.1, 0.15) is 23.4 Å². The second kappa shape index (κ2) is 12.5. The first kappa shape index (κ1) is 25.7. The molecule has 0 atom stereocenters. The highest BCUT2D eigenvalue weighted by molar-refractivity contribution is 9.09. The SMILES string of the molecule is NCCn1cc(Cc2nc(NCc3ccc(OCCCBr)cc3)nc(OCC(F)(F)F)n2)cn1. The Kier molecular flexibility index (Phi) is 9.45. The molecule has 0 aliphatic rings. The van der Waals surface area contributed by atoms with Crippen molar-refractivity contribution in [1.29, 1.82) is 0 Å². The molecule has 9 nitrogen and oxygen atoms in total. The van der Waals surface area contributed by atoms with Gasteiger partial charge in [0.25, 0.3) is 0 Å². The van der Waals surface area contributed by atoms with Crippen LogP contribution in [0.3, 0.4) is 0 Å². The fraction of sp³-hybridized carbons (Fsp3) is 0.429. The van der Waals surface area contributed by atoms with Gasteiger partial charge in [-0.3, -0.25) is 4.68 Å². The summed E-state index contributed by atoms with van der Waals surface area (Å²) in [4.78, 5) is 12.3. The average Bonchev–Trinajstić information content (AvgIpc) is 3.24. The van der Waals surface area contributed by atoms with E-state index in [4.69, 9.17) is 15.2 Å². The lowest BCUT2D eigenvalue weighted by Crippen LogP contribution is -2.21. The molecule has 0 spiro atoms. The van der Waals surface area contributed by atoms with E-state index in [9.17, 15) is 13.2 Å². The van der Waals surface area contributed by atoms with Gasteiger partial charge in [0.15, 0.2) is 6.61 Å². The van der Waals surface area contributed by atoms with Crippen LogP contribution in [0.2, 0.25) is 0 Å². The summed E-state index contributed by atoms with van der Waals surface area (Å²) < 4.78 is 49.9. The molecule has 0 fully saturated rings. The maximum Gasteiger partial charge on any atom is 0.422 e. The van der Waals surface area contributed by atoms with E-state index < -0.39 is 18.8 Å². The maximum atomic E-state index is 12.6. The Morgan fingerprint density at radius 1 is 1.06 bits per heavy atom. The van der Waals surface area contributed by atoms with Gasteiger partial charge in [0, 0.05) is 31.0 Å². The van der Waals surface area contributed by atoms with Crippen molar-refractivity contribution in [3.63, 3.8) is 0 Å². The molecule has 0 saturated heterocycles. The zero-order valence-electron chi connectivity index (χ0n) is 18.3. The van der Waals surface area contributed by atoms with Gasteiger partial charge >= 0.3 is 12.2 Å². The molecule has 3 rings (SSSR count). The molecule has 0 saturated carbocycles. The number of alkyl halides is 4. The largest absolute Gasteiger partial charge is 0.494 e. The van der Waals surface area contributed by atoms with Gasteiger partial charge in [-0.15, -0.1) is 0 Å². The fourth-order valence-corrected chi connectivity index (χ4v) is 3.06. The molecular formula is C21H25BrF3N7O2. The molecule has 0 unspecified atom stereocenters. The Bertz CT molecular complexity index is 1030. The summed E-state index contributed by atoms with van der Waals surface area (Å²) in [5, 5.41) is 8.06. The summed E-state index contributed by atoms with van der Waals surface area (Å²) in [6, 6.07) is 7.05. The summed E-state index contributed by atoms with van der Waals surface area (Å²) in [5.74, 6) is 1.11. The molecule has 1 aromatic carbocycles. The predicted octanol–water partition coefficient (Wildman–Crippen LogP) is 3.33. The van der Waals surface area contributed by atoms with Crippen LogP contribution in [-0.4, -0.2) is 56.0 Å². The van der Waals surface area contributed by atoms with Crippen molar-refractivity contribution >= 4 is 21.9 Å². The third kappa shape index (κ3) is 8.78. The van der Waals surface area contributed by atoms with Gasteiger partial charge < -0.3 is 20.5 Å². The number of nitrogens with one attached hydrogen (secondary N) is 1. The first-order valence-electron chi connectivity index (χ1n) is 10.5. The summed E-state index contributed by atoms with van der Waals surface area (Å²) >= 11 is 3.35. The van der Waals surface area contributed by atoms with E-state index in [1.807, 2.05) is 24.3 Å². The van der Waals surface area contributed by atoms with Crippen molar-refractivity contribution in [1.82, 2.24) is 24.7 Å². The van der Waals surface area contributed by atoms with E-state index in [1.165, 1.54) is 0 Å². The quantitative estimate of drug-likeness (QED) is 0.249. The number of nitrogens with two attached hydrogens (primary N) is 1. The monoisotopic (exact) mass is 543 g/mol. The van der Waals surface area contributed by atoms with Gasteiger partial charge in [-0.2, -0.15) is 33.2 Å². The van der Waals surface area contributed by atoms with Crippen LogP contribution in [0, 0.1) is 0 Å². The number of benzene rings is 1. The highest BCUT2D eigenvalue weighted by Crippen LogP contribution is 2.18. The molecular weight excluding hydrogens is 519 g/mol. The second-order valence-electron chi connectivity index (χ2n) is 7.23. The number of ether oxygens (including phenoxy) is 2. The van der Waals surface area contributed by atoms with E-state index in [2.05, 4.69) is 41.3 Å². The lowest BCUT2D eigenvalue weighted by molar-refractivity contribution is -0.154. The topological polar surface area (TPSA) is 113 Å². The predicted molar refractivity (Wildman–Crippen MR) is 123 cm³/mol. The highest BCUT2D eigenvalue weighted by Gasteiger charge is 2.29. The summed E-state index contributed by atoms with van der Waals surface area (Å²) in [7, 11) is 0. The van der Waals surface area contributed by atoms with Gasteiger partial charge in [-0.05, 0) is 29.7 Å². The number of hydrogen-bond donors (Lipinski definition) is 2. The molecule has 0 radical (unpaired) electrons. The Hall–Kier alpha value is -2.93. The van der Waals surface area contributed by atoms with E-state index in [-0.39, 0.29) is 18.2 Å². The van der Waals surface area contributed by atoms with Crippen LogP contribution in [0.15, 0.2) is 36.7 Å². The number of aromatic nitrogens is 5. The molecule has 0 bridgehead atoms. The molecule has 184 valence electrons. The van der Waals surface area contributed by atoms with Crippen LogP contribution in [0.4, 0.5) is 19.1 Å². The molecule has 34 heavy (non-hydrogen) atoms. The minimum atomic E-state index is -4.51. The lowest BCUT2D eigenvalue weighted by Gasteiger charge is -2.11. The Labute approximate surface area is 203 Å². The minimum Gasteiger partial charge on any atom is -0.494 e. The van der Waals surface area contributed by atoms with Gasteiger partial charge in [0.05, 0.1) is 19.3 Å². The maximum absolute atomic E-state index is 12.6. The summed E-state index contributed by atoms with van der Waals surface area (Å²) in [6.07, 6.45) is 0.0378. The minimum absolute atomic E-state index is 0.106. The fourth-order valence-electron chi connectivity index (χ4n) is 2.83. The van der Waals surface area contributed by atoms with Gasteiger partial charge in [0.2, 0.25) is 5.95 Å². The van der Waals surface area contributed by atoms with E-state index in [0.29, 0.717) is 26.2 Å². The number of rotatable bonds is 13. The van der Waals surface area contributed by atoms with Crippen LogP contribution in [-0.2, 0) is 19.5 Å². The summed E-state index contributed by atoms with van der Waals surface area (Å²) in [5.41, 5.74) is 7.22. The smallest absolute Gasteiger partial charge is 0.422 e. The number of nitrogens with zero attached hydrogens (tertiary/aromatic N) is 5. The third-order valence-electron chi connectivity index (χ3n) is 4.35. The molecule has 2 aromatic heterocycles. The number of halogens is 4. The first-order chi connectivity index (χ1) is 16.3. The Morgan fingerprint density at radius 3 is 2.56 bits per heavy atom. The normalized spacial score (nSPS) is 11.4. The lowest BCUT2D eigenvalue weighted by atomic mass is 10.2. The first-order valence-corrected chi connectivity index (χ1v) is 11.6. The molecule has 2 heterocycles. The standard InChI is InChI=1S/C21H25BrF3N7O2/c22-6-1-9-33-17-4-2-15(3-5-17)11-27-19-29-18(10-16-12-28-32(13-16)8-7-26)30-20(31-19)34-14-21(23,24)25/h2-5,12-13H,1,6-11,14,26H2,(H,27,29,30,31). The molecule has 0 aliphatic carbocycles. The van der Waals surface area contributed by atoms with Crippen molar-refractivity contribution in [2.75, 3.05) is 30.4 Å². The zero-order valence-corrected chi connectivity index (χ0v) is 19.8. The van der Waals surface area contributed by atoms with Crippen molar-refractivity contribution in [3.05, 3.63) is 53.6 Å². The van der Waals surface area contributed by atoms with Crippen molar-refractivity contribution in [2.24, 2.45) is 5.73 Å². The molecule has 0 aliphatic heterocycles. The number of anilines is 1. The van der Waals surface area contributed by atoms with E-state index in [1.54, 1.807) is 17.1 Å². The van der Waals surface area contributed by atoms with Gasteiger partial charge in [-0.1, -0.05) is 28.1 Å².